The average Bonchev–Trinajstić information content (AvgIpc) is 3.22. The Morgan fingerprint density at radius 2 is 2.04 bits per heavy atom. The van der Waals surface area contributed by atoms with E-state index in [2.05, 4.69) is 34.3 Å². The zero-order valence-corrected chi connectivity index (χ0v) is 15.2. The smallest absolute Gasteiger partial charge is 0.276 e. The van der Waals surface area contributed by atoms with Crippen molar-refractivity contribution in [3.63, 3.8) is 0 Å². The Hall–Kier alpha value is -2.10. The first kappa shape index (κ1) is 16.1. The fourth-order valence-corrected chi connectivity index (χ4v) is 4.87. The van der Waals surface area contributed by atoms with Crippen molar-refractivity contribution in [1.82, 2.24) is 10.1 Å². The van der Waals surface area contributed by atoms with E-state index in [-0.39, 0.29) is 5.91 Å². The molecule has 0 bridgehead atoms. The number of hydrogen-bond donors (Lipinski definition) is 0. The number of aryl methyl sites for hydroxylation is 1. The molecule has 1 aliphatic heterocycles. The van der Waals surface area contributed by atoms with Gasteiger partial charge in [0.1, 0.15) is 5.76 Å². The van der Waals surface area contributed by atoms with Crippen LogP contribution in [0.3, 0.4) is 0 Å². The van der Waals surface area contributed by atoms with Gasteiger partial charge in [0.25, 0.3) is 5.91 Å². The first-order chi connectivity index (χ1) is 12.8. The molecule has 4 nitrogen and oxygen atoms in total. The van der Waals surface area contributed by atoms with Crippen molar-refractivity contribution in [2.75, 3.05) is 6.54 Å². The van der Waals surface area contributed by atoms with Crippen LogP contribution in [0.15, 0.2) is 34.9 Å². The van der Waals surface area contributed by atoms with E-state index in [0.29, 0.717) is 23.6 Å². The molecule has 1 aromatic carbocycles. The standard InChI is InChI=1S/C22H26N2O2/c25-22(20-14-21(26-23-20)16-10-11-16)24-12-4-8-18(24)13-17-7-3-6-15-5-1-2-9-19(15)17/h1-2,5,9,14,16-18H,3-4,6-8,10-13H2/t17-,18+/m1/s1. The zero-order valence-electron chi connectivity index (χ0n) is 15.2. The van der Waals surface area contributed by atoms with Gasteiger partial charge in [-0.3, -0.25) is 4.79 Å². The molecule has 2 aliphatic carbocycles. The van der Waals surface area contributed by atoms with Crippen LogP contribution in [0, 0.1) is 0 Å². The summed E-state index contributed by atoms with van der Waals surface area (Å²) in [5.74, 6) is 2.03. The van der Waals surface area contributed by atoms with Crippen LogP contribution >= 0.6 is 0 Å². The van der Waals surface area contributed by atoms with E-state index in [1.54, 1.807) is 0 Å². The molecule has 1 saturated carbocycles. The number of aromatic nitrogens is 1. The highest BCUT2D eigenvalue weighted by molar-refractivity contribution is 5.92. The van der Waals surface area contributed by atoms with Crippen LogP contribution in [0.5, 0.6) is 0 Å². The molecule has 0 unspecified atom stereocenters. The van der Waals surface area contributed by atoms with Crippen LogP contribution in [0.4, 0.5) is 0 Å². The minimum Gasteiger partial charge on any atom is -0.360 e. The third-order valence-electron chi connectivity index (χ3n) is 6.42. The van der Waals surface area contributed by atoms with Gasteiger partial charge in [-0.05, 0) is 68.4 Å². The highest BCUT2D eigenvalue weighted by atomic mass is 16.5. The molecule has 4 heteroatoms. The molecule has 5 rings (SSSR count). The molecule has 1 saturated heterocycles. The van der Waals surface area contributed by atoms with Crippen molar-refractivity contribution in [3.05, 3.63) is 52.9 Å². The van der Waals surface area contributed by atoms with Crippen LogP contribution in [-0.2, 0) is 6.42 Å². The van der Waals surface area contributed by atoms with Crippen LogP contribution < -0.4 is 0 Å². The SMILES string of the molecule is O=C(c1cc(C2CC2)on1)N1CCC[C@H]1C[C@H]1CCCc2ccccc21. The number of likely N-dealkylation sites (tertiary alicyclic amines) is 1. The molecule has 2 fully saturated rings. The van der Waals surface area contributed by atoms with E-state index in [4.69, 9.17) is 4.52 Å². The minimum absolute atomic E-state index is 0.0623. The van der Waals surface area contributed by atoms with Crippen molar-refractivity contribution >= 4 is 5.91 Å². The van der Waals surface area contributed by atoms with E-state index in [1.807, 2.05) is 6.07 Å². The average molecular weight is 350 g/mol. The number of carbonyl (C=O) groups excluding carboxylic acids is 1. The topological polar surface area (TPSA) is 46.3 Å². The number of amides is 1. The van der Waals surface area contributed by atoms with Crippen molar-refractivity contribution in [2.24, 2.45) is 0 Å². The molecule has 0 N–H and O–H groups in total. The second kappa shape index (κ2) is 6.57. The van der Waals surface area contributed by atoms with Gasteiger partial charge in [-0.25, -0.2) is 0 Å². The number of hydrogen-bond acceptors (Lipinski definition) is 3. The molecule has 2 heterocycles. The second-order valence-corrected chi connectivity index (χ2v) is 8.21. The summed E-state index contributed by atoms with van der Waals surface area (Å²) in [5, 5.41) is 4.07. The van der Waals surface area contributed by atoms with Gasteiger partial charge in [0.15, 0.2) is 5.69 Å². The summed E-state index contributed by atoms with van der Waals surface area (Å²) in [6, 6.07) is 11.1. The molecular formula is C22H26N2O2. The Labute approximate surface area is 154 Å². The van der Waals surface area contributed by atoms with E-state index >= 15 is 0 Å². The van der Waals surface area contributed by atoms with Gasteiger partial charge in [0.2, 0.25) is 0 Å². The molecule has 0 radical (unpaired) electrons. The van der Waals surface area contributed by atoms with E-state index in [9.17, 15) is 4.79 Å². The Morgan fingerprint density at radius 3 is 2.92 bits per heavy atom. The Kier molecular flexibility index (Phi) is 4.07. The summed E-state index contributed by atoms with van der Waals surface area (Å²) in [6.45, 7) is 0.851. The largest absolute Gasteiger partial charge is 0.360 e. The highest BCUT2D eigenvalue weighted by Gasteiger charge is 2.35. The quantitative estimate of drug-likeness (QED) is 0.805. The Morgan fingerprint density at radius 1 is 1.15 bits per heavy atom. The molecule has 1 amide bonds. The third-order valence-corrected chi connectivity index (χ3v) is 6.42. The van der Waals surface area contributed by atoms with Gasteiger partial charge < -0.3 is 9.42 Å². The maximum atomic E-state index is 13.0. The van der Waals surface area contributed by atoms with Crippen molar-refractivity contribution in [3.8, 4) is 0 Å². The minimum atomic E-state index is 0.0623. The molecular weight excluding hydrogens is 324 g/mol. The normalized spacial score (nSPS) is 25.3. The van der Waals surface area contributed by atoms with E-state index < -0.39 is 0 Å². The summed E-state index contributed by atoms with van der Waals surface area (Å²) in [4.78, 5) is 15.1. The number of fused-ring (bicyclic) bond motifs is 1. The maximum Gasteiger partial charge on any atom is 0.276 e. The fraction of sp³-hybridized carbons (Fsp3) is 0.545. The molecule has 26 heavy (non-hydrogen) atoms. The van der Waals surface area contributed by atoms with Crippen molar-refractivity contribution in [1.29, 1.82) is 0 Å². The van der Waals surface area contributed by atoms with Gasteiger partial charge >= 0.3 is 0 Å². The second-order valence-electron chi connectivity index (χ2n) is 8.21. The molecule has 2 atom stereocenters. The van der Waals surface area contributed by atoms with E-state index in [0.717, 1.165) is 44.4 Å². The van der Waals surface area contributed by atoms with Gasteiger partial charge in [-0.1, -0.05) is 29.4 Å². The summed E-state index contributed by atoms with van der Waals surface area (Å²) in [5.41, 5.74) is 3.52. The predicted molar refractivity (Wildman–Crippen MR) is 99.3 cm³/mol. The lowest BCUT2D eigenvalue weighted by atomic mass is 9.79. The first-order valence-corrected chi connectivity index (χ1v) is 10.1. The van der Waals surface area contributed by atoms with Crippen LogP contribution in [0.1, 0.15) is 84.2 Å². The summed E-state index contributed by atoms with van der Waals surface area (Å²) < 4.78 is 5.40. The number of rotatable bonds is 4. The summed E-state index contributed by atoms with van der Waals surface area (Å²) in [6.07, 6.45) is 9.31. The summed E-state index contributed by atoms with van der Waals surface area (Å²) >= 11 is 0. The molecule has 2 aromatic rings. The molecule has 3 aliphatic rings. The predicted octanol–water partition coefficient (Wildman–Crippen LogP) is 4.67. The van der Waals surface area contributed by atoms with Crippen molar-refractivity contribution in [2.45, 2.75) is 69.2 Å². The van der Waals surface area contributed by atoms with Crippen LogP contribution in [0.25, 0.3) is 0 Å². The van der Waals surface area contributed by atoms with Gasteiger partial charge in [0.05, 0.1) is 0 Å². The number of nitrogens with zero attached hydrogens (tertiary/aromatic N) is 2. The highest BCUT2D eigenvalue weighted by Crippen LogP contribution is 2.41. The Balaban J connectivity index is 1.32. The monoisotopic (exact) mass is 350 g/mol. The number of benzene rings is 1. The maximum absolute atomic E-state index is 13.0. The first-order valence-electron chi connectivity index (χ1n) is 10.1. The van der Waals surface area contributed by atoms with Gasteiger partial charge in [-0.2, -0.15) is 0 Å². The lowest BCUT2D eigenvalue weighted by Gasteiger charge is -2.31. The van der Waals surface area contributed by atoms with Crippen LogP contribution in [0.2, 0.25) is 0 Å². The van der Waals surface area contributed by atoms with Crippen molar-refractivity contribution < 1.29 is 9.32 Å². The lowest BCUT2D eigenvalue weighted by Crippen LogP contribution is -2.37. The van der Waals surface area contributed by atoms with E-state index in [1.165, 1.54) is 30.4 Å². The lowest BCUT2D eigenvalue weighted by molar-refractivity contribution is 0.0713. The molecule has 136 valence electrons. The number of carbonyl (C=O) groups is 1. The zero-order chi connectivity index (χ0) is 17.5. The third kappa shape index (κ3) is 2.95. The summed E-state index contributed by atoms with van der Waals surface area (Å²) in [7, 11) is 0. The van der Waals surface area contributed by atoms with Gasteiger partial charge in [0, 0.05) is 24.6 Å². The fourth-order valence-electron chi connectivity index (χ4n) is 4.87. The molecule has 0 spiro atoms. The van der Waals surface area contributed by atoms with Gasteiger partial charge in [-0.15, -0.1) is 0 Å². The molecule has 1 aromatic heterocycles. The van der Waals surface area contributed by atoms with Crippen LogP contribution in [-0.4, -0.2) is 28.6 Å². The Bertz CT molecular complexity index is 808.